The van der Waals surface area contributed by atoms with Gasteiger partial charge in [0, 0.05) is 11.0 Å². The number of ether oxygens (including phenoxy) is 1. The summed E-state index contributed by atoms with van der Waals surface area (Å²) in [6.07, 6.45) is 1.14. The van der Waals surface area contributed by atoms with Crippen LogP contribution in [0.15, 0.2) is 24.3 Å². The van der Waals surface area contributed by atoms with E-state index in [-0.39, 0.29) is 5.41 Å². The van der Waals surface area contributed by atoms with Crippen LogP contribution in [0.1, 0.15) is 39.7 Å². The monoisotopic (exact) mass is 218 g/mol. The Morgan fingerprint density at radius 3 is 2.31 bits per heavy atom. The van der Waals surface area contributed by atoms with Crippen LogP contribution in [0.3, 0.4) is 0 Å². The van der Waals surface area contributed by atoms with Crippen molar-refractivity contribution in [3.8, 4) is 5.75 Å². The van der Waals surface area contributed by atoms with E-state index in [9.17, 15) is 0 Å². The molecule has 0 saturated carbocycles. The third-order valence-corrected chi connectivity index (χ3v) is 4.22. The summed E-state index contributed by atoms with van der Waals surface area (Å²) in [5.41, 5.74) is 1.70. The molecule has 1 heterocycles. The summed E-state index contributed by atoms with van der Waals surface area (Å²) in [6, 6.07) is 8.55. The van der Waals surface area contributed by atoms with E-state index in [4.69, 9.17) is 4.74 Å². The lowest BCUT2D eigenvalue weighted by atomic mass is 9.62. The molecule has 2 rings (SSSR count). The maximum atomic E-state index is 5.78. The summed E-state index contributed by atoms with van der Waals surface area (Å²) in [4.78, 5) is 0. The van der Waals surface area contributed by atoms with Crippen molar-refractivity contribution in [3.63, 3.8) is 0 Å². The fourth-order valence-electron chi connectivity index (χ4n) is 3.31. The molecule has 0 unspecified atom stereocenters. The van der Waals surface area contributed by atoms with E-state index in [2.05, 4.69) is 52.0 Å². The Labute approximate surface area is 98.8 Å². The van der Waals surface area contributed by atoms with E-state index in [0.29, 0.717) is 11.8 Å². The first-order chi connectivity index (χ1) is 7.59. The van der Waals surface area contributed by atoms with Gasteiger partial charge in [0.1, 0.15) is 5.75 Å². The Morgan fingerprint density at radius 2 is 1.69 bits per heavy atom. The van der Waals surface area contributed by atoms with Crippen LogP contribution in [-0.2, 0) is 5.41 Å². The molecule has 0 aliphatic carbocycles. The minimum Gasteiger partial charge on any atom is -0.493 e. The standard InChI is InChI=1S/C15H22O/c1-11(2)15(12(3)4)9-10-16-14-8-6-5-7-13(14)15/h5-8,11-12H,9-10H2,1-4H3. The second kappa shape index (κ2) is 4.12. The number of benzene rings is 1. The topological polar surface area (TPSA) is 9.23 Å². The third kappa shape index (κ3) is 1.53. The minimum absolute atomic E-state index is 0.287. The molecule has 0 radical (unpaired) electrons. The minimum atomic E-state index is 0.287. The molecule has 1 aliphatic heterocycles. The first-order valence-corrected chi connectivity index (χ1v) is 6.31. The van der Waals surface area contributed by atoms with Gasteiger partial charge in [0.05, 0.1) is 6.61 Å². The van der Waals surface area contributed by atoms with Crippen LogP contribution >= 0.6 is 0 Å². The largest absolute Gasteiger partial charge is 0.493 e. The van der Waals surface area contributed by atoms with Gasteiger partial charge < -0.3 is 4.74 Å². The van der Waals surface area contributed by atoms with Crippen LogP contribution < -0.4 is 4.74 Å². The Balaban J connectivity index is 2.57. The average molecular weight is 218 g/mol. The van der Waals surface area contributed by atoms with Crippen molar-refractivity contribution in [3.05, 3.63) is 29.8 Å². The lowest BCUT2D eigenvalue weighted by molar-refractivity contribution is 0.128. The predicted molar refractivity (Wildman–Crippen MR) is 67.9 cm³/mol. The van der Waals surface area contributed by atoms with Gasteiger partial charge >= 0.3 is 0 Å². The van der Waals surface area contributed by atoms with Crippen LogP contribution in [0, 0.1) is 11.8 Å². The lowest BCUT2D eigenvalue weighted by Gasteiger charge is -2.45. The van der Waals surface area contributed by atoms with Crippen LogP contribution in [0.25, 0.3) is 0 Å². The fourth-order valence-corrected chi connectivity index (χ4v) is 3.31. The second-order valence-corrected chi connectivity index (χ2v) is 5.44. The molecule has 0 atom stereocenters. The van der Waals surface area contributed by atoms with E-state index in [1.54, 1.807) is 0 Å². The Bertz CT molecular complexity index is 357. The van der Waals surface area contributed by atoms with Gasteiger partial charge in [-0.15, -0.1) is 0 Å². The van der Waals surface area contributed by atoms with Gasteiger partial charge in [-0.25, -0.2) is 0 Å². The summed E-state index contributed by atoms with van der Waals surface area (Å²) in [5, 5.41) is 0. The van der Waals surface area contributed by atoms with Crippen molar-refractivity contribution in [2.24, 2.45) is 11.8 Å². The van der Waals surface area contributed by atoms with Crippen molar-refractivity contribution in [2.75, 3.05) is 6.61 Å². The smallest absolute Gasteiger partial charge is 0.123 e. The third-order valence-electron chi connectivity index (χ3n) is 4.22. The Kier molecular flexibility index (Phi) is 2.96. The normalized spacial score (nSPS) is 18.4. The summed E-state index contributed by atoms with van der Waals surface area (Å²) in [7, 11) is 0. The average Bonchev–Trinajstić information content (AvgIpc) is 2.27. The van der Waals surface area contributed by atoms with Gasteiger partial charge in [0.2, 0.25) is 0 Å². The van der Waals surface area contributed by atoms with Crippen molar-refractivity contribution in [1.82, 2.24) is 0 Å². The molecule has 0 spiro atoms. The molecule has 1 heteroatoms. The molecule has 0 bridgehead atoms. The number of rotatable bonds is 2. The zero-order valence-corrected chi connectivity index (χ0v) is 10.8. The van der Waals surface area contributed by atoms with Crippen molar-refractivity contribution in [2.45, 2.75) is 39.5 Å². The molecular formula is C15H22O. The van der Waals surface area contributed by atoms with Crippen LogP contribution in [0.5, 0.6) is 5.75 Å². The molecule has 0 amide bonds. The molecule has 1 nitrogen and oxygen atoms in total. The van der Waals surface area contributed by atoms with Gasteiger partial charge in [-0.3, -0.25) is 0 Å². The summed E-state index contributed by atoms with van der Waals surface area (Å²) < 4.78 is 5.78. The lowest BCUT2D eigenvalue weighted by Crippen LogP contribution is -2.42. The zero-order chi connectivity index (χ0) is 11.8. The molecule has 88 valence electrons. The van der Waals surface area contributed by atoms with Crippen molar-refractivity contribution in [1.29, 1.82) is 0 Å². The highest BCUT2D eigenvalue weighted by molar-refractivity contribution is 5.42. The van der Waals surface area contributed by atoms with Crippen LogP contribution in [-0.4, -0.2) is 6.61 Å². The SMILES string of the molecule is CC(C)C1(C(C)C)CCOc2ccccc21. The predicted octanol–water partition coefficient (Wildman–Crippen LogP) is 4.02. The van der Waals surface area contributed by atoms with E-state index in [0.717, 1.165) is 18.8 Å². The number of fused-ring (bicyclic) bond motifs is 1. The van der Waals surface area contributed by atoms with E-state index in [1.165, 1.54) is 5.56 Å². The van der Waals surface area contributed by atoms with Gasteiger partial charge in [0.25, 0.3) is 0 Å². The van der Waals surface area contributed by atoms with E-state index < -0.39 is 0 Å². The summed E-state index contributed by atoms with van der Waals surface area (Å²) >= 11 is 0. The molecule has 1 aliphatic rings. The highest BCUT2D eigenvalue weighted by Gasteiger charge is 2.42. The number of para-hydroxylation sites is 1. The van der Waals surface area contributed by atoms with Gasteiger partial charge in [-0.2, -0.15) is 0 Å². The molecule has 1 aromatic rings. The maximum Gasteiger partial charge on any atom is 0.123 e. The zero-order valence-electron chi connectivity index (χ0n) is 10.8. The summed E-state index contributed by atoms with van der Waals surface area (Å²) in [6.45, 7) is 10.2. The van der Waals surface area contributed by atoms with Gasteiger partial charge in [-0.1, -0.05) is 45.9 Å². The van der Waals surface area contributed by atoms with Gasteiger partial charge in [0.15, 0.2) is 0 Å². The number of hydrogen-bond donors (Lipinski definition) is 0. The quantitative estimate of drug-likeness (QED) is 0.728. The molecule has 0 N–H and O–H groups in total. The van der Waals surface area contributed by atoms with Gasteiger partial charge in [-0.05, 0) is 24.3 Å². The molecule has 1 aromatic carbocycles. The first kappa shape index (κ1) is 11.5. The second-order valence-electron chi connectivity index (χ2n) is 5.44. The molecule has 0 fully saturated rings. The highest BCUT2D eigenvalue weighted by atomic mass is 16.5. The fraction of sp³-hybridized carbons (Fsp3) is 0.600. The maximum absolute atomic E-state index is 5.78. The number of hydrogen-bond acceptors (Lipinski definition) is 1. The molecule has 0 aromatic heterocycles. The van der Waals surface area contributed by atoms with Crippen LogP contribution in [0.4, 0.5) is 0 Å². The van der Waals surface area contributed by atoms with E-state index in [1.807, 2.05) is 0 Å². The van der Waals surface area contributed by atoms with Crippen molar-refractivity contribution < 1.29 is 4.74 Å². The van der Waals surface area contributed by atoms with E-state index >= 15 is 0 Å². The highest BCUT2D eigenvalue weighted by Crippen LogP contribution is 2.48. The Morgan fingerprint density at radius 1 is 1.06 bits per heavy atom. The first-order valence-electron chi connectivity index (χ1n) is 6.31. The van der Waals surface area contributed by atoms with Crippen molar-refractivity contribution >= 4 is 0 Å². The molecular weight excluding hydrogens is 196 g/mol. The molecule has 16 heavy (non-hydrogen) atoms. The Hall–Kier alpha value is -0.980. The van der Waals surface area contributed by atoms with Crippen LogP contribution in [0.2, 0.25) is 0 Å². The summed E-state index contributed by atoms with van der Waals surface area (Å²) in [5.74, 6) is 2.39. The molecule has 0 saturated heterocycles.